The normalized spacial score (nSPS) is 12.5. The smallest absolute Gasteiger partial charge is 0.231 e. The molecule has 0 atom stereocenters. The summed E-state index contributed by atoms with van der Waals surface area (Å²) < 4.78 is 12.8. The monoisotopic (exact) mass is 345 g/mol. The highest BCUT2D eigenvalue weighted by molar-refractivity contribution is 5.65. The van der Waals surface area contributed by atoms with Gasteiger partial charge in [0.15, 0.2) is 17.3 Å². The van der Waals surface area contributed by atoms with Crippen LogP contribution in [0.5, 0.6) is 11.5 Å². The molecule has 0 aliphatic carbocycles. The van der Waals surface area contributed by atoms with Gasteiger partial charge in [-0.2, -0.15) is 0 Å². The van der Waals surface area contributed by atoms with Gasteiger partial charge >= 0.3 is 0 Å². The van der Waals surface area contributed by atoms with Gasteiger partial charge in [0.25, 0.3) is 0 Å². The van der Waals surface area contributed by atoms with Crippen molar-refractivity contribution in [2.24, 2.45) is 0 Å². The number of aromatic nitrogens is 4. The molecule has 0 saturated heterocycles. The molecule has 1 aliphatic heterocycles. The summed E-state index contributed by atoms with van der Waals surface area (Å²) in [5.41, 5.74) is 3.51. The molecule has 4 aromatic rings. The molecule has 128 valence electrons. The Balaban J connectivity index is 1.52. The zero-order valence-corrected chi connectivity index (χ0v) is 14.0. The van der Waals surface area contributed by atoms with Crippen molar-refractivity contribution < 1.29 is 9.47 Å². The predicted octanol–water partition coefficient (Wildman–Crippen LogP) is 3.57. The summed E-state index contributed by atoms with van der Waals surface area (Å²) in [6.45, 7) is 2.22. The number of ether oxygens (including phenoxy) is 2. The lowest BCUT2D eigenvalue weighted by Crippen LogP contribution is -1.99. The number of nitrogens with zero attached hydrogens (tertiary/aromatic N) is 4. The van der Waals surface area contributed by atoms with Crippen LogP contribution in [-0.2, 0) is 0 Å². The van der Waals surface area contributed by atoms with E-state index in [2.05, 4.69) is 20.3 Å². The zero-order chi connectivity index (χ0) is 17.5. The first-order valence-electron chi connectivity index (χ1n) is 8.22. The molecule has 0 saturated carbocycles. The minimum Gasteiger partial charge on any atom is -0.454 e. The fourth-order valence-corrected chi connectivity index (χ4v) is 3.05. The van der Waals surface area contributed by atoms with Crippen molar-refractivity contribution in [2.45, 2.75) is 6.92 Å². The molecule has 1 aromatic carbocycles. The van der Waals surface area contributed by atoms with Gasteiger partial charge in [0.2, 0.25) is 6.79 Å². The van der Waals surface area contributed by atoms with E-state index in [0.717, 1.165) is 34.2 Å². The van der Waals surface area contributed by atoms with Crippen LogP contribution in [0.1, 0.15) is 5.69 Å². The van der Waals surface area contributed by atoms with Gasteiger partial charge in [-0.3, -0.25) is 4.40 Å². The van der Waals surface area contributed by atoms with Gasteiger partial charge in [-0.25, -0.2) is 15.0 Å². The van der Waals surface area contributed by atoms with Crippen molar-refractivity contribution in [1.82, 2.24) is 19.4 Å². The third-order valence-corrected chi connectivity index (χ3v) is 4.22. The number of hydrogen-bond donors (Lipinski definition) is 1. The molecule has 1 aliphatic rings. The van der Waals surface area contributed by atoms with Crippen molar-refractivity contribution >= 4 is 17.2 Å². The molecule has 4 heterocycles. The molecular weight excluding hydrogens is 330 g/mol. The van der Waals surface area contributed by atoms with Gasteiger partial charge in [0.05, 0.1) is 5.69 Å². The number of anilines is 2. The molecule has 0 bridgehead atoms. The van der Waals surface area contributed by atoms with Crippen LogP contribution < -0.4 is 14.8 Å². The topological polar surface area (TPSA) is 73.6 Å². The Morgan fingerprint density at radius 2 is 1.96 bits per heavy atom. The van der Waals surface area contributed by atoms with E-state index >= 15 is 0 Å². The average Bonchev–Trinajstić information content (AvgIpc) is 3.24. The highest BCUT2D eigenvalue weighted by Crippen LogP contribution is 2.35. The molecular formula is C19H15N5O2. The number of imidazole rings is 1. The van der Waals surface area contributed by atoms with Gasteiger partial charge < -0.3 is 14.8 Å². The zero-order valence-electron chi connectivity index (χ0n) is 14.0. The maximum absolute atomic E-state index is 5.42. The van der Waals surface area contributed by atoms with Gasteiger partial charge in [0, 0.05) is 24.1 Å². The first-order valence-corrected chi connectivity index (χ1v) is 8.22. The Hall–Kier alpha value is -3.61. The van der Waals surface area contributed by atoms with Crippen LogP contribution in [0.3, 0.4) is 0 Å². The Kier molecular flexibility index (Phi) is 3.24. The number of fused-ring (bicyclic) bond motifs is 2. The summed E-state index contributed by atoms with van der Waals surface area (Å²) in [6, 6.07) is 13.4. The van der Waals surface area contributed by atoms with E-state index in [0.29, 0.717) is 11.6 Å². The van der Waals surface area contributed by atoms with E-state index in [-0.39, 0.29) is 6.79 Å². The van der Waals surface area contributed by atoms with Crippen LogP contribution in [-0.4, -0.2) is 26.1 Å². The molecule has 0 unspecified atom stereocenters. The molecule has 7 nitrogen and oxygen atoms in total. The fourth-order valence-electron chi connectivity index (χ4n) is 3.05. The van der Waals surface area contributed by atoms with Gasteiger partial charge in [-0.15, -0.1) is 0 Å². The number of hydrogen-bond acceptors (Lipinski definition) is 6. The van der Waals surface area contributed by atoms with Crippen molar-refractivity contribution in [3.63, 3.8) is 0 Å². The van der Waals surface area contributed by atoms with E-state index in [9.17, 15) is 0 Å². The molecule has 1 N–H and O–H groups in total. The van der Waals surface area contributed by atoms with Crippen LogP contribution in [0.2, 0.25) is 0 Å². The maximum Gasteiger partial charge on any atom is 0.231 e. The molecule has 0 radical (unpaired) electrons. The third kappa shape index (κ3) is 2.41. The molecule has 0 amide bonds. The molecule has 0 fully saturated rings. The Morgan fingerprint density at radius 3 is 2.92 bits per heavy atom. The minimum atomic E-state index is 0.254. The molecule has 5 rings (SSSR count). The lowest BCUT2D eigenvalue weighted by atomic mass is 10.2. The molecule has 7 heteroatoms. The van der Waals surface area contributed by atoms with Crippen molar-refractivity contribution in [1.29, 1.82) is 0 Å². The highest BCUT2D eigenvalue weighted by Gasteiger charge is 2.15. The second kappa shape index (κ2) is 5.73. The SMILES string of the molecule is Cc1nc2ccccn2c1-c1nccc(Nc2ccc3c(c2)OCO3)n1. The van der Waals surface area contributed by atoms with Crippen LogP contribution >= 0.6 is 0 Å². The quantitative estimate of drug-likeness (QED) is 0.612. The van der Waals surface area contributed by atoms with E-state index < -0.39 is 0 Å². The first kappa shape index (κ1) is 14.7. The van der Waals surface area contributed by atoms with E-state index in [4.69, 9.17) is 9.47 Å². The van der Waals surface area contributed by atoms with Crippen LogP contribution in [0.25, 0.3) is 17.2 Å². The Morgan fingerprint density at radius 1 is 1.04 bits per heavy atom. The Labute approximate surface area is 149 Å². The summed E-state index contributed by atoms with van der Waals surface area (Å²) in [7, 11) is 0. The lowest BCUT2D eigenvalue weighted by molar-refractivity contribution is 0.174. The largest absolute Gasteiger partial charge is 0.454 e. The number of rotatable bonds is 3. The highest BCUT2D eigenvalue weighted by atomic mass is 16.7. The third-order valence-electron chi connectivity index (χ3n) is 4.22. The summed E-state index contributed by atoms with van der Waals surface area (Å²) in [4.78, 5) is 13.7. The maximum atomic E-state index is 5.42. The number of nitrogens with one attached hydrogen (secondary N) is 1. The van der Waals surface area contributed by atoms with Gasteiger partial charge in [0.1, 0.15) is 17.2 Å². The minimum absolute atomic E-state index is 0.254. The van der Waals surface area contributed by atoms with Crippen molar-refractivity contribution in [2.75, 3.05) is 12.1 Å². The fraction of sp³-hybridized carbons (Fsp3) is 0.105. The molecule has 0 spiro atoms. The summed E-state index contributed by atoms with van der Waals surface area (Å²) in [5.74, 6) is 2.79. The Bertz CT molecular complexity index is 1120. The van der Waals surface area contributed by atoms with Crippen molar-refractivity contribution in [3.05, 3.63) is 60.6 Å². The van der Waals surface area contributed by atoms with Crippen LogP contribution in [0.4, 0.5) is 11.5 Å². The predicted molar refractivity (Wildman–Crippen MR) is 96.8 cm³/mol. The average molecular weight is 345 g/mol. The first-order chi connectivity index (χ1) is 12.8. The van der Waals surface area contributed by atoms with E-state index in [1.54, 1.807) is 6.20 Å². The number of aryl methyl sites for hydroxylation is 1. The molecule has 26 heavy (non-hydrogen) atoms. The second-order valence-electron chi connectivity index (χ2n) is 5.93. The van der Waals surface area contributed by atoms with Crippen LogP contribution in [0.15, 0.2) is 54.9 Å². The van der Waals surface area contributed by atoms with Gasteiger partial charge in [-0.1, -0.05) is 6.07 Å². The van der Waals surface area contributed by atoms with Crippen molar-refractivity contribution in [3.8, 4) is 23.0 Å². The standard InChI is InChI=1S/C19H15N5O2/c1-12-18(24-9-3-2-4-17(24)21-12)19-20-8-7-16(23-19)22-13-5-6-14-15(10-13)26-11-25-14/h2-10H,11H2,1H3,(H,20,22,23). The molecule has 3 aromatic heterocycles. The summed E-state index contributed by atoms with van der Waals surface area (Å²) in [5, 5.41) is 3.29. The van der Waals surface area contributed by atoms with E-state index in [1.165, 1.54) is 0 Å². The second-order valence-corrected chi connectivity index (χ2v) is 5.93. The number of pyridine rings is 1. The summed E-state index contributed by atoms with van der Waals surface area (Å²) >= 11 is 0. The lowest BCUT2D eigenvalue weighted by Gasteiger charge is -2.08. The van der Waals surface area contributed by atoms with Crippen LogP contribution in [0, 0.1) is 6.92 Å². The van der Waals surface area contributed by atoms with E-state index in [1.807, 2.05) is 60.0 Å². The number of benzene rings is 1. The van der Waals surface area contributed by atoms with Gasteiger partial charge in [-0.05, 0) is 37.3 Å². The summed E-state index contributed by atoms with van der Waals surface area (Å²) in [6.07, 6.45) is 3.70.